The molecule has 0 radical (unpaired) electrons. The normalized spacial score (nSPS) is 31.4. The molecular formula is C39H47N3O8. The molecule has 2 fully saturated rings. The van der Waals surface area contributed by atoms with Crippen LogP contribution in [0.1, 0.15) is 50.8 Å². The Morgan fingerprint density at radius 3 is 2.36 bits per heavy atom. The van der Waals surface area contributed by atoms with Crippen LogP contribution in [0.4, 0.5) is 0 Å². The number of carbonyl (C=O) groups excluding carboxylic acids is 4. The molecule has 0 saturated carbocycles. The van der Waals surface area contributed by atoms with Crippen molar-refractivity contribution in [3.8, 4) is 0 Å². The van der Waals surface area contributed by atoms with Crippen LogP contribution in [0.15, 0.2) is 85.0 Å². The number of likely N-dealkylation sites (tertiary alicyclic amines) is 1. The summed E-state index contributed by atoms with van der Waals surface area (Å²) in [6, 6.07) is 15.9. The van der Waals surface area contributed by atoms with Gasteiger partial charge in [-0.15, -0.1) is 0 Å². The van der Waals surface area contributed by atoms with Gasteiger partial charge in [-0.25, -0.2) is 0 Å². The molecule has 2 saturated heterocycles. The standard InChI is InChI=1S/C39H47N3O8/c1-38(2,3)41-21-13-7-12-18-30(44)40-28(24-48-4)33(26-16-10-6-11-17-26)49-37(47)31-29-19-20-39(50-29)32(31)35(45)42(34(39)36(41)46)27(23-43)22-25-14-8-5-9-15-25/h5-11,13-17,19-20,27-29,31-34,43H,12,18,21-24H2,1-4H3,(H,40,44)/b13-7-/t27-,28-,29+,31-,32-,33-,34+,39-/m1/s1. The molecule has 266 valence electrons. The molecular weight excluding hydrogens is 638 g/mol. The van der Waals surface area contributed by atoms with E-state index in [1.165, 1.54) is 12.0 Å². The smallest absolute Gasteiger partial charge is 0.313 e. The van der Waals surface area contributed by atoms with Crippen LogP contribution >= 0.6 is 0 Å². The van der Waals surface area contributed by atoms with E-state index in [2.05, 4.69) is 5.32 Å². The van der Waals surface area contributed by atoms with Crippen molar-refractivity contribution in [1.82, 2.24) is 15.1 Å². The Hall–Kier alpha value is -4.32. The minimum Gasteiger partial charge on any atom is -0.455 e. The number of rotatable bonds is 7. The molecule has 4 aliphatic rings. The van der Waals surface area contributed by atoms with Crippen LogP contribution in [0.25, 0.3) is 0 Å². The topological polar surface area (TPSA) is 135 Å². The molecule has 4 heterocycles. The highest BCUT2D eigenvalue weighted by molar-refractivity contribution is 5.99. The SMILES string of the molecule is COC[C@H]1NC(=O)CC/C=C\CN(C(C)(C)C)C(=O)[C@@H]2N([C@@H](CO)Cc3ccccc3)C(=O)[C@H]3[C@H](C(=O)O[C@@H]1c1ccccc1)[C@@H]1C=C[C@]23O1. The number of aliphatic hydroxyl groups excluding tert-OH is 1. The van der Waals surface area contributed by atoms with Crippen molar-refractivity contribution in [3.63, 3.8) is 0 Å². The molecule has 0 aromatic heterocycles. The van der Waals surface area contributed by atoms with Gasteiger partial charge >= 0.3 is 5.97 Å². The molecule has 50 heavy (non-hydrogen) atoms. The summed E-state index contributed by atoms with van der Waals surface area (Å²) >= 11 is 0. The van der Waals surface area contributed by atoms with Gasteiger partial charge in [0.05, 0.1) is 37.3 Å². The number of hydrogen-bond acceptors (Lipinski definition) is 8. The van der Waals surface area contributed by atoms with E-state index in [-0.39, 0.29) is 31.4 Å². The zero-order valence-electron chi connectivity index (χ0n) is 29.1. The van der Waals surface area contributed by atoms with Gasteiger partial charge in [-0.05, 0) is 44.7 Å². The number of cyclic esters (lactones) is 1. The predicted octanol–water partition coefficient (Wildman–Crippen LogP) is 3.13. The summed E-state index contributed by atoms with van der Waals surface area (Å²) in [5, 5.41) is 13.8. The van der Waals surface area contributed by atoms with Gasteiger partial charge in [0.1, 0.15) is 23.7 Å². The van der Waals surface area contributed by atoms with Crippen LogP contribution in [0, 0.1) is 11.8 Å². The first-order valence-electron chi connectivity index (χ1n) is 17.3. The fourth-order valence-electron chi connectivity index (χ4n) is 7.93. The third-order valence-corrected chi connectivity index (χ3v) is 10.2. The van der Waals surface area contributed by atoms with E-state index < -0.39 is 71.8 Å². The van der Waals surface area contributed by atoms with Crippen LogP contribution in [0.2, 0.25) is 0 Å². The molecule has 5 bridgehead atoms. The highest BCUT2D eigenvalue weighted by atomic mass is 16.6. The summed E-state index contributed by atoms with van der Waals surface area (Å²) in [6.45, 7) is 5.63. The number of allylic oxidation sites excluding steroid dienone is 1. The number of aliphatic hydroxyl groups is 1. The van der Waals surface area contributed by atoms with Crippen LogP contribution in [0.3, 0.4) is 0 Å². The number of fused-ring (bicyclic) bond motifs is 2. The highest BCUT2D eigenvalue weighted by Gasteiger charge is 2.74. The van der Waals surface area contributed by atoms with Gasteiger partial charge in [-0.3, -0.25) is 19.2 Å². The Bertz CT molecular complexity index is 1620. The van der Waals surface area contributed by atoms with Crippen LogP contribution < -0.4 is 5.32 Å². The van der Waals surface area contributed by atoms with E-state index in [9.17, 15) is 24.3 Å². The van der Waals surface area contributed by atoms with Gasteiger partial charge in [-0.2, -0.15) is 0 Å². The van der Waals surface area contributed by atoms with Gasteiger partial charge in [-0.1, -0.05) is 85.0 Å². The number of methoxy groups -OCH3 is 1. The summed E-state index contributed by atoms with van der Waals surface area (Å²) in [5.41, 5.74) is -0.602. The average Bonchev–Trinajstić information content (AvgIpc) is 3.74. The summed E-state index contributed by atoms with van der Waals surface area (Å²) in [7, 11) is 1.51. The third-order valence-electron chi connectivity index (χ3n) is 10.2. The van der Waals surface area contributed by atoms with Crippen LogP contribution in [-0.4, -0.2) is 101 Å². The fourth-order valence-corrected chi connectivity index (χ4v) is 7.93. The van der Waals surface area contributed by atoms with Crippen molar-refractivity contribution < 1.29 is 38.5 Å². The van der Waals surface area contributed by atoms with Crippen molar-refractivity contribution >= 4 is 23.7 Å². The lowest BCUT2D eigenvalue weighted by Gasteiger charge is -2.43. The number of ether oxygens (including phenoxy) is 3. The highest BCUT2D eigenvalue weighted by Crippen LogP contribution is 2.56. The van der Waals surface area contributed by atoms with Gasteiger partial charge < -0.3 is 34.4 Å². The van der Waals surface area contributed by atoms with E-state index in [1.807, 2.05) is 93.6 Å². The lowest BCUT2D eigenvalue weighted by atomic mass is 9.74. The van der Waals surface area contributed by atoms with Gasteiger partial charge in [0, 0.05) is 25.6 Å². The number of carbonyl (C=O) groups is 4. The van der Waals surface area contributed by atoms with E-state index in [0.717, 1.165) is 5.56 Å². The number of nitrogens with zero attached hydrogens (tertiary/aromatic N) is 2. The Morgan fingerprint density at radius 2 is 1.70 bits per heavy atom. The maximum atomic E-state index is 15.0. The average molecular weight is 686 g/mol. The molecule has 1 spiro atoms. The molecule has 0 aliphatic carbocycles. The first kappa shape index (κ1) is 35.5. The number of hydrogen-bond donors (Lipinski definition) is 2. The van der Waals surface area contributed by atoms with Crippen molar-refractivity contribution in [1.29, 1.82) is 0 Å². The van der Waals surface area contributed by atoms with Crippen molar-refractivity contribution in [2.45, 2.75) is 81.5 Å². The monoisotopic (exact) mass is 685 g/mol. The summed E-state index contributed by atoms with van der Waals surface area (Å²) in [4.78, 5) is 60.7. The van der Waals surface area contributed by atoms with Gasteiger partial charge in [0.15, 0.2) is 0 Å². The van der Waals surface area contributed by atoms with Gasteiger partial charge in [0.2, 0.25) is 17.7 Å². The maximum absolute atomic E-state index is 15.0. The minimum atomic E-state index is -1.46. The molecule has 11 heteroatoms. The van der Waals surface area contributed by atoms with E-state index in [4.69, 9.17) is 14.2 Å². The Labute approximate surface area is 293 Å². The summed E-state index contributed by atoms with van der Waals surface area (Å²) in [5.74, 6) is -3.88. The van der Waals surface area contributed by atoms with E-state index in [1.54, 1.807) is 17.1 Å². The van der Waals surface area contributed by atoms with Crippen molar-refractivity contribution in [2.75, 3.05) is 26.9 Å². The largest absolute Gasteiger partial charge is 0.455 e. The lowest BCUT2D eigenvalue weighted by molar-refractivity contribution is -0.163. The molecule has 4 aliphatic heterocycles. The first-order chi connectivity index (χ1) is 24.0. The molecule has 11 nitrogen and oxygen atoms in total. The number of esters is 1. The molecule has 8 atom stereocenters. The number of amides is 3. The van der Waals surface area contributed by atoms with Crippen LogP contribution in [-0.2, 0) is 39.8 Å². The van der Waals surface area contributed by atoms with Crippen molar-refractivity contribution in [2.24, 2.45) is 11.8 Å². The van der Waals surface area contributed by atoms with Crippen molar-refractivity contribution in [3.05, 3.63) is 96.1 Å². The number of benzene rings is 2. The van der Waals surface area contributed by atoms with Crippen LogP contribution in [0.5, 0.6) is 0 Å². The number of nitrogens with one attached hydrogen (secondary N) is 1. The lowest BCUT2D eigenvalue weighted by Crippen LogP contribution is -2.61. The quantitative estimate of drug-likeness (QED) is 0.336. The second-order valence-corrected chi connectivity index (χ2v) is 14.5. The summed E-state index contributed by atoms with van der Waals surface area (Å²) in [6.07, 6.45) is 6.34. The Morgan fingerprint density at radius 1 is 1.00 bits per heavy atom. The molecule has 3 amide bonds. The maximum Gasteiger partial charge on any atom is 0.313 e. The van der Waals surface area contributed by atoms with Gasteiger partial charge in [0.25, 0.3) is 0 Å². The summed E-state index contributed by atoms with van der Waals surface area (Å²) < 4.78 is 18.4. The zero-order valence-corrected chi connectivity index (χ0v) is 29.1. The Kier molecular flexibility index (Phi) is 10.3. The molecule has 6 rings (SSSR count). The Balaban J connectivity index is 1.47. The van der Waals surface area contributed by atoms with E-state index in [0.29, 0.717) is 18.4 Å². The van der Waals surface area contributed by atoms with E-state index >= 15 is 0 Å². The second kappa shape index (κ2) is 14.5. The third kappa shape index (κ3) is 6.61. The molecule has 2 aromatic carbocycles. The predicted molar refractivity (Wildman–Crippen MR) is 184 cm³/mol. The minimum absolute atomic E-state index is 0.0633. The fraction of sp³-hybridized carbons (Fsp3) is 0.487. The second-order valence-electron chi connectivity index (χ2n) is 14.5. The zero-order chi connectivity index (χ0) is 35.6. The molecule has 2 aromatic rings. The molecule has 0 unspecified atom stereocenters. The first-order valence-corrected chi connectivity index (χ1v) is 17.3. The molecule has 2 N–H and O–H groups in total.